The molecule has 1 N–H and O–H groups in total. The van der Waals surface area contributed by atoms with Crippen molar-refractivity contribution in [3.05, 3.63) is 32.8 Å². The molecule has 1 rings (SSSR count). The quantitative estimate of drug-likeness (QED) is 0.587. The number of benzene rings is 1. The van der Waals surface area contributed by atoms with Crippen LogP contribution in [0, 0.1) is 10.1 Å². The van der Waals surface area contributed by atoms with Crippen LogP contribution >= 0.6 is 11.6 Å². The lowest BCUT2D eigenvalue weighted by Gasteiger charge is -2.08. The minimum Gasteiger partial charge on any atom is -0.868 e. The van der Waals surface area contributed by atoms with Crippen molar-refractivity contribution < 1.29 is 19.9 Å². The largest absolute Gasteiger partial charge is 0.868 e. The number of nitro groups is 1. The first kappa shape index (κ1) is 10.3. The van der Waals surface area contributed by atoms with Gasteiger partial charge in [0.25, 0.3) is 5.69 Å². The van der Waals surface area contributed by atoms with E-state index in [4.69, 9.17) is 16.7 Å². The normalized spacial score (nSPS) is 9.79. The van der Waals surface area contributed by atoms with Gasteiger partial charge in [0.2, 0.25) is 0 Å². The maximum absolute atomic E-state index is 10.9. The van der Waals surface area contributed by atoms with Gasteiger partial charge in [-0.2, -0.15) is 0 Å². The first-order valence-corrected chi connectivity index (χ1v) is 3.69. The highest BCUT2D eigenvalue weighted by Crippen LogP contribution is 2.29. The van der Waals surface area contributed by atoms with Crippen molar-refractivity contribution in [2.24, 2.45) is 0 Å². The summed E-state index contributed by atoms with van der Waals surface area (Å²) in [7, 11) is 0. The maximum atomic E-state index is 10.9. The number of rotatable bonds is 2. The van der Waals surface area contributed by atoms with E-state index in [2.05, 4.69) is 0 Å². The van der Waals surface area contributed by atoms with E-state index >= 15 is 0 Å². The van der Waals surface area contributed by atoms with E-state index < -0.39 is 27.9 Å². The highest BCUT2D eigenvalue weighted by molar-refractivity contribution is 6.33. The molecule has 0 saturated heterocycles. The van der Waals surface area contributed by atoms with E-state index in [0.29, 0.717) is 12.1 Å². The number of aromatic carboxylic acids is 1. The number of carboxylic acid groups (broad SMARTS) is 1. The first-order chi connectivity index (χ1) is 6.43. The zero-order valence-corrected chi connectivity index (χ0v) is 7.32. The summed E-state index contributed by atoms with van der Waals surface area (Å²) in [4.78, 5) is 19.8. The van der Waals surface area contributed by atoms with Gasteiger partial charge in [0.05, 0.1) is 15.5 Å². The summed E-state index contributed by atoms with van der Waals surface area (Å²) in [5.74, 6) is -2.33. The van der Waals surface area contributed by atoms with Crippen LogP contribution in [0.5, 0.6) is 5.75 Å². The SMILES string of the molecule is O=C(O)c1cc([N+](=O)[O-])c([O-])cc1Cl. The molecule has 0 aliphatic rings. The number of hydrogen-bond acceptors (Lipinski definition) is 4. The van der Waals surface area contributed by atoms with Crippen molar-refractivity contribution >= 4 is 23.3 Å². The lowest BCUT2D eigenvalue weighted by molar-refractivity contribution is -0.398. The van der Waals surface area contributed by atoms with Crippen molar-refractivity contribution in [2.75, 3.05) is 0 Å². The molecule has 14 heavy (non-hydrogen) atoms. The molecule has 0 aliphatic heterocycles. The van der Waals surface area contributed by atoms with Crippen molar-refractivity contribution in [1.82, 2.24) is 0 Å². The van der Waals surface area contributed by atoms with E-state index in [9.17, 15) is 20.0 Å². The van der Waals surface area contributed by atoms with Crippen LogP contribution in [0.2, 0.25) is 5.02 Å². The Labute approximate surface area is 82.5 Å². The minimum atomic E-state index is -1.42. The summed E-state index contributed by atoms with van der Waals surface area (Å²) < 4.78 is 0. The summed E-state index contributed by atoms with van der Waals surface area (Å²) in [6.45, 7) is 0. The Hall–Kier alpha value is -1.82. The van der Waals surface area contributed by atoms with Crippen LogP contribution in [0.3, 0.4) is 0 Å². The molecule has 0 bridgehead atoms. The highest BCUT2D eigenvalue weighted by Gasteiger charge is 2.15. The molecule has 7 heteroatoms. The lowest BCUT2D eigenvalue weighted by atomic mass is 10.2. The summed E-state index contributed by atoms with van der Waals surface area (Å²) in [6, 6.07) is 1.36. The minimum absolute atomic E-state index is 0.312. The second-order valence-corrected chi connectivity index (χ2v) is 2.77. The van der Waals surface area contributed by atoms with Gasteiger partial charge in [-0.05, 0) is 11.8 Å². The standard InChI is InChI=1S/C7H4ClNO5/c8-4-2-6(10)5(9(13)14)1-3(4)7(11)12/h1-2,10H,(H,11,12)/p-1. The smallest absolute Gasteiger partial charge is 0.337 e. The predicted octanol–water partition coefficient (Wildman–Crippen LogP) is 1.02. The molecule has 0 saturated carbocycles. The zero-order chi connectivity index (χ0) is 10.9. The van der Waals surface area contributed by atoms with Gasteiger partial charge in [-0.3, -0.25) is 10.1 Å². The van der Waals surface area contributed by atoms with Crippen LogP contribution in [0.15, 0.2) is 12.1 Å². The Morgan fingerprint density at radius 1 is 1.50 bits per heavy atom. The highest BCUT2D eigenvalue weighted by atomic mass is 35.5. The molecule has 0 aromatic heterocycles. The number of nitrogens with zero attached hydrogens (tertiary/aromatic N) is 1. The monoisotopic (exact) mass is 216 g/mol. The average Bonchev–Trinajstić information content (AvgIpc) is 2.02. The molecule has 0 fully saturated rings. The van der Waals surface area contributed by atoms with Gasteiger partial charge in [-0.25, -0.2) is 4.79 Å². The van der Waals surface area contributed by atoms with Crippen LogP contribution in [-0.4, -0.2) is 16.0 Å². The van der Waals surface area contributed by atoms with E-state index in [0.717, 1.165) is 0 Å². The number of halogens is 1. The molecule has 0 spiro atoms. The Morgan fingerprint density at radius 3 is 2.50 bits per heavy atom. The van der Waals surface area contributed by atoms with Crippen LogP contribution in [0.1, 0.15) is 10.4 Å². The van der Waals surface area contributed by atoms with E-state index in [-0.39, 0.29) is 5.02 Å². The van der Waals surface area contributed by atoms with Crippen LogP contribution < -0.4 is 5.11 Å². The third-order valence-electron chi connectivity index (χ3n) is 1.48. The van der Waals surface area contributed by atoms with E-state index in [1.807, 2.05) is 0 Å². The van der Waals surface area contributed by atoms with Crippen LogP contribution in [-0.2, 0) is 0 Å². The van der Waals surface area contributed by atoms with Crippen molar-refractivity contribution in [1.29, 1.82) is 0 Å². The van der Waals surface area contributed by atoms with Gasteiger partial charge in [-0.15, -0.1) is 0 Å². The molecule has 0 heterocycles. The summed E-state index contributed by atoms with van der Waals surface area (Å²) in [5, 5.41) is 29.5. The molecule has 1 aromatic rings. The van der Waals surface area contributed by atoms with Gasteiger partial charge in [0, 0.05) is 6.07 Å². The molecule has 0 amide bonds. The molecular weight excluding hydrogens is 214 g/mol. The van der Waals surface area contributed by atoms with Gasteiger partial charge >= 0.3 is 5.97 Å². The lowest BCUT2D eigenvalue weighted by Crippen LogP contribution is -2.03. The molecule has 0 unspecified atom stereocenters. The third kappa shape index (κ3) is 1.74. The number of nitro benzene ring substituents is 1. The van der Waals surface area contributed by atoms with Gasteiger partial charge in [0.15, 0.2) is 0 Å². The Balaban J connectivity index is 3.42. The predicted molar refractivity (Wildman–Crippen MR) is 44.5 cm³/mol. The molecule has 6 nitrogen and oxygen atoms in total. The number of carbonyl (C=O) groups is 1. The summed E-state index contributed by atoms with van der Waals surface area (Å²) in [5.41, 5.74) is -1.26. The molecule has 1 aromatic carbocycles. The fourth-order valence-electron chi connectivity index (χ4n) is 0.850. The second-order valence-electron chi connectivity index (χ2n) is 2.36. The molecule has 0 radical (unpaired) electrons. The number of hydrogen-bond donors (Lipinski definition) is 1. The van der Waals surface area contributed by atoms with Crippen molar-refractivity contribution in [3.8, 4) is 5.75 Å². The van der Waals surface area contributed by atoms with Crippen LogP contribution in [0.25, 0.3) is 0 Å². The Bertz CT molecular complexity index is 382. The molecule has 74 valence electrons. The van der Waals surface area contributed by atoms with Crippen LogP contribution in [0.4, 0.5) is 5.69 Å². The fraction of sp³-hybridized carbons (Fsp3) is 0. The molecule has 0 atom stereocenters. The van der Waals surface area contributed by atoms with E-state index in [1.54, 1.807) is 0 Å². The van der Waals surface area contributed by atoms with E-state index in [1.165, 1.54) is 0 Å². The summed E-state index contributed by atoms with van der Waals surface area (Å²) >= 11 is 5.40. The van der Waals surface area contributed by atoms with Crippen molar-refractivity contribution in [3.63, 3.8) is 0 Å². The van der Waals surface area contributed by atoms with Gasteiger partial charge in [-0.1, -0.05) is 11.6 Å². The van der Waals surface area contributed by atoms with Gasteiger partial charge in [0.1, 0.15) is 0 Å². The van der Waals surface area contributed by atoms with Gasteiger partial charge < -0.3 is 10.2 Å². The molecule has 0 aliphatic carbocycles. The third-order valence-corrected chi connectivity index (χ3v) is 1.79. The Morgan fingerprint density at radius 2 is 2.07 bits per heavy atom. The average molecular weight is 217 g/mol. The zero-order valence-electron chi connectivity index (χ0n) is 6.56. The second kappa shape index (κ2) is 3.51. The first-order valence-electron chi connectivity index (χ1n) is 3.31. The summed E-state index contributed by atoms with van der Waals surface area (Å²) in [6.07, 6.45) is 0. The number of carboxylic acids is 1. The fourth-order valence-corrected chi connectivity index (χ4v) is 1.08. The molecular formula is C7H3ClNO5-. The topological polar surface area (TPSA) is 104 Å². The van der Waals surface area contributed by atoms with Crippen molar-refractivity contribution in [2.45, 2.75) is 0 Å². The maximum Gasteiger partial charge on any atom is 0.337 e. The Kier molecular flexibility index (Phi) is 2.57.